The molecule has 0 amide bonds. The zero-order valence-corrected chi connectivity index (χ0v) is 13.7. The molecule has 1 fully saturated rings. The van der Waals surface area contributed by atoms with Crippen LogP contribution in [0.5, 0.6) is 0 Å². The van der Waals surface area contributed by atoms with E-state index in [0.29, 0.717) is 16.9 Å². The fourth-order valence-electron chi connectivity index (χ4n) is 3.59. The molecule has 6 heteroatoms. The number of carbonyl (C=O) groups is 2. The maximum atomic E-state index is 13.2. The van der Waals surface area contributed by atoms with Crippen molar-refractivity contribution in [3.05, 3.63) is 70.5 Å². The fourth-order valence-corrected chi connectivity index (χ4v) is 3.59. The first kappa shape index (κ1) is 15.7. The molecule has 1 saturated heterocycles. The van der Waals surface area contributed by atoms with E-state index in [1.165, 1.54) is 0 Å². The molecule has 3 atom stereocenters. The van der Waals surface area contributed by atoms with Gasteiger partial charge in [-0.25, -0.2) is 4.79 Å². The van der Waals surface area contributed by atoms with Crippen LogP contribution in [-0.2, 0) is 24.4 Å². The maximum absolute atomic E-state index is 13.2. The number of hydrogen-bond acceptors (Lipinski definition) is 5. The second-order valence-corrected chi connectivity index (χ2v) is 6.41. The highest BCUT2D eigenvalue weighted by molar-refractivity contribution is 6.13. The van der Waals surface area contributed by atoms with Gasteiger partial charge >= 0.3 is 12.6 Å². The van der Waals surface area contributed by atoms with Crippen molar-refractivity contribution in [2.45, 2.75) is 31.8 Å². The molecule has 6 nitrogen and oxygen atoms in total. The molecule has 0 saturated carbocycles. The Bertz CT molecular complexity index is 863. The maximum Gasteiger partial charge on any atom is 0.510 e. The SMILES string of the molecule is CC1=C2C(=O)C(C)(c3ccccc3)C=C2C2OC(OC(=O)O)OC2=C1. The van der Waals surface area contributed by atoms with E-state index in [1.54, 1.807) is 6.08 Å². The Morgan fingerprint density at radius 3 is 2.68 bits per heavy atom. The Morgan fingerprint density at radius 1 is 1.28 bits per heavy atom. The van der Waals surface area contributed by atoms with Gasteiger partial charge in [-0.05, 0) is 36.6 Å². The van der Waals surface area contributed by atoms with E-state index in [0.717, 1.165) is 11.1 Å². The van der Waals surface area contributed by atoms with Crippen molar-refractivity contribution in [2.24, 2.45) is 0 Å². The summed E-state index contributed by atoms with van der Waals surface area (Å²) in [4.78, 5) is 23.9. The van der Waals surface area contributed by atoms with Gasteiger partial charge in [-0.1, -0.05) is 36.4 Å². The molecule has 1 aromatic rings. The van der Waals surface area contributed by atoms with Gasteiger partial charge in [0.05, 0.1) is 5.41 Å². The van der Waals surface area contributed by atoms with Gasteiger partial charge in [-0.2, -0.15) is 0 Å². The first-order chi connectivity index (χ1) is 11.9. The molecule has 0 radical (unpaired) electrons. The van der Waals surface area contributed by atoms with Gasteiger partial charge in [0.2, 0.25) is 0 Å². The summed E-state index contributed by atoms with van der Waals surface area (Å²) in [7, 11) is 0. The molecule has 3 aliphatic rings. The summed E-state index contributed by atoms with van der Waals surface area (Å²) < 4.78 is 15.5. The predicted octanol–water partition coefficient (Wildman–Crippen LogP) is 3.06. The van der Waals surface area contributed by atoms with Gasteiger partial charge in [-0.3, -0.25) is 9.53 Å². The molecule has 0 aromatic heterocycles. The van der Waals surface area contributed by atoms with Gasteiger partial charge in [-0.15, -0.1) is 0 Å². The highest BCUT2D eigenvalue weighted by Crippen LogP contribution is 2.47. The van der Waals surface area contributed by atoms with E-state index in [9.17, 15) is 9.59 Å². The van der Waals surface area contributed by atoms with E-state index in [1.807, 2.05) is 50.3 Å². The number of ketones is 1. The number of rotatable bonds is 2. The minimum Gasteiger partial charge on any atom is -0.450 e. The second-order valence-electron chi connectivity index (χ2n) is 6.41. The fraction of sp³-hybridized carbons (Fsp3) is 0.263. The molecule has 3 unspecified atom stereocenters. The lowest BCUT2D eigenvalue weighted by Gasteiger charge is -2.21. The molecule has 1 aromatic carbocycles. The molecule has 0 bridgehead atoms. The van der Waals surface area contributed by atoms with Gasteiger partial charge in [0, 0.05) is 5.57 Å². The zero-order valence-electron chi connectivity index (χ0n) is 13.7. The number of benzene rings is 1. The Morgan fingerprint density at radius 2 is 2.00 bits per heavy atom. The van der Waals surface area contributed by atoms with Crippen LogP contribution in [-0.4, -0.2) is 29.6 Å². The van der Waals surface area contributed by atoms with Crippen molar-refractivity contribution in [1.82, 2.24) is 0 Å². The number of allylic oxidation sites excluding steroid dienone is 3. The van der Waals surface area contributed by atoms with Crippen LogP contribution >= 0.6 is 0 Å². The summed E-state index contributed by atoms with van der Waals surface area (Å²) in [6, 6.07) is 9.52. The summed E-state index contributed by atoms with van der Waals surface area (Å²) in [6.45, 7) is 2.37. The second kappa shape index (κ2) is 5.32. The smallest absolute Gasteiger partial charge is 0.450 e. The highest BCUT2D eigenvalue weighted by Gasteiger charge is 2.50. The van der Waals surface area contributed by atoms with Crippen LogP contribution in [0.2, 0.25) is 0 Å². The topological polar surface area (TPSA) is 82.1 Å². The summed E-state index contributed by atoms with van der Waals surface area (Å²) >= 11 is 0. The first-order valence-electron chi connectivity index (χ1n) is 7.88. The molecule has 25 heavy (non-hydrogen) atoms. The predicted molar refractivity (Wildman–Crippen MR) is 86.5 cm³/mol. The van der Waals surface area contributed by atoms with E-state index >= 15 is 0 Å². The van der Waals surface area contributed by atoms with E-state index < -0.39 is 24.2 Å². The Balaban J connectivity index is 1.76. The van der Waals surface area contributed by atoms with Crippen molar-refractivity contribution in [2.75, 3.05) is 0 Å². The van der Waals surface area contributed by atoms with Crippen LogP contribution in [0.1, 0.15) is 19.4 Å². The third-order valence-corrected chi connectivity index (χ3v) is 4.78. The molecule has 2 aliphatic carbocycles. The van der Waals surface area contributed by atoms with Crippen LogP contribution in [0.3, 0.4) is 0 Å². The molecular formula is C19H16O6. The lowest BCUT2D eigenvalue weighted by molar-refractivity contribution is -0.203. The number of Topliss-reactive ketones (excluding diaryl/α,β-unsaturated/α-hetero) is 1. The normalized spacial score (nSPS) is 30.2. The molecule has 4 rings (SSSR count). The third-order valence-electron chi connectivity index (χ3n) is 4.78. The van der Waals surface area contributed by atoms with Crippen LogP contribution in [0.4, 0.5) is 4.79 Å². The minimum absolute atomic E-state index is 0.00676. The molecule has 0 spiro atoms. The number of hydrogen-bond donors (Lipinski definition) is 1. The van der Waals surface area contributed by atoms with Gasteiger partial charge in [0.15, 0.2) is 5.78 Å². The van der Waals surface area contributed by atoms with Gasteiger partial charge in [0.25, 0.3) is 0 Å². The number of carbonyl (C=O) groups excluding carboxylic acids is 1. The number of carboxylic acid groups (broad SMARTS) is 1. The minimum atomic E-state index is -1.49. The summed E-state index contributed by atoms with van der Waals surface area (Å²) in [6.07, 6.45) is 1.46. The summed E-state index contributed by atoms with van der Waals surface area (Å²) in [5.41, 5.74) is 2.15. The molecule has 1 heterocycles. The van der Waals surface area contributed by atoms with Gasteiger partial charge < -0.3 is 14.6 Å². The Labute approximate surface area is 144 Å². The zero-order chi connectivity index (χ0) is 17.8. The molecule has 128 valence electrons. The van der Waals surface area contributed by atoms with Crippen molar-refractivity contribution >= 4 is 11.9 Å². The quantitative estimate of drug-likeness (QED) is 0.833. The third kappa shape index (κ3) is 2.29. The number of fused-ring (bicyclic) bond motifs is 3. The summed E-state index contributed by atoms with van der Waals surface area (Å²) in [5.74, 6) is 0.441. The average Bonchev–Trinajstić information content (AvgIpc) is 3.08. The van der Waals surface area contributed by atoms with Crippen LogP contribution in [0, 0.1) is 0 Å². The van der Waals surface area contributed by atoms with Crippen molar-refractivity contribution in [3.63, 3.8) is 0 Å². The largest absolute Gasteiger partial charge is 0.510 e. The van der Waals surface area contributed by atoms with E-state index in [4.69, 9.17) is 14.6 Å². The monoisotopic (exact) mass is 340 g/mol. The van der Waals surface area contributed by atoms with E-state index in [2.05, 4.69) is 4.74 Å². The molecule has 1 N–H and O–H groups in total. The molecule has 1 aliphatic heterocycles. The van der Waals surface area contributed by atoms with Crippen molar-refractivity contribution in [3.8, 4) is 0 Å². The standard InChI is InChI=1S/C19H16O6/c1-10-8-13-15(24-18(23-13)25-17(21)22)12-9-19(2,16(20)14(10)12)11-6-4-3-5-7-11/h3-9,15,18H,1-2H3,(H,21,22). The highest BCUT2D eigenvalue weighted by atomic mass is 16.9. The lowest BCUT2D eigenvalue weighted by Crippen LogP contribution is -2.28. The first-order valence-corrected chi connectivity index (χ1v) is 7.88. The summed E-state index contributed by atoms with van der Waals surface area (Å²) in [5, 5.41) is 8.74. The van der Waals surface area contributed by atoms with Crippen molar-refractivity contribution in [1.29, 1.82) is 0 Å². The Kier molecular flexibility index (Phi) is 3.33. The molecular weight excluding hydrogens is 324 g/mol. The number of ether oxygens (including phenoxy) is 3. The Hall–Kier alpha value is -2.86. The van der Waals surface area contributed by atoms with Crippen LogP contribution < -0.4 is 0 Å². The van der Waals surface area contributed by atoms with Gasteiger partial charge in [0.1, 0.15) is 11.9 Å². The average molecular weight is 340 g/mol. The van der Waals surface area contributed by atoms with Crippen molar-refractivity contribution < 1.29 is 28.9 Å². The lowest BCUT2D eigenvalue weighted by atomic mass is 9.80. The van der Waals surface area contributed by atoms with Crippen LogP contribution in [0.25, 0.3) is 0 Å². The van der Waals surface area contributed by atoms with E-state index in [-0.39, 0.29) is 5.78 Å². The van der Waals surface area contributed by atoms with Crippen LogP contribution in [0.15, 0.2) is 65.0 Å².